The van der Waals surface area contributed by atoms with E-state index in [9.17, 15) is 0 Å². The van der Waals surface area contributed by atoms with Crippen molar-refractivity contribution in [3.05, 3.63) is 34.3 Å². The Bertz CT molecular complexity index is 333. The van der Waals surface area contributed by atoms with Gasteiger partial charge in [-0.15, -0.1) is 0 Å². The summed E-state index contributed by atoms with van der Waals surface area (Å²) >= 11 is 3.51. The fourth-order valence-corrected chi connectivity index (χ4v) is 2.42. The van der Waals surface area contributed by atoms with E-state index in [1.54, 1.807) is 0 Å². The third-order valence-electron chi connectivity index (χ3n) is 3.19. The van der Waals surface area contributed by atoms with Gasteiger partial charge in [-0.25, -0.2) is 0 Å². The highest BCUT2D eigenvalue weighted by Gasteiger charge is 2.28. The lowest BCUT2D eigenvalue weighted by atomic mass is 10.1. The predicted molar refractivity (Wildman–Crippen MR) is 67.9 cm³/mol. The SMILES string of the molecule is CC(NC(C)C1CC1)c1cccc(Br)c1. The maximum atomic E-state index is 3.66. The van der Waals surface area contributed by atoms with E-state index in [4.69, 9.17) is 0 Å². The maximum absolute atomic E-state index is 3.66. The highest BCUT2D eigenvalue weighted by atomic mass is 79.9. The third-order valence-corrected chi connectivity index (χ3v) is 3.68. The summed E-state index contributed by atoms with van der Waals surface area (Å²) in [4.78, 5) is 0. The van der Waals surface area contributed by atoms with Gasteiger partial charge in [0.2, 0.25) is 0 Å². The standard InChI is InChI=1S/C13H18BrN/c1-9(11-6-7-11)15-10(2)12-4-3-5-13(14)8-12/h3-5,8-11,15H,6-7H2,1-2H3. The molecule has 2 unspecified atom stereocenters. The summed E-state index contributed by atoms with van der Waals surface area (Å²) < 4.78 is 1.16. The van der Waals surface area contributed by atoms with E-state index in [0.29, 0.717) is 12.1 Å². The third kappa shape index (κ3) is 3.05. The van der Waals surface area contributed by atoms with Gasteiger partial charge in [0, 0.05) is 16.6 Å². The Labute approximate surface area is 100 Å². The molecular formula is C13H18BrN. The van der Waals surface area contributed by atoms with Crippen molar-refractivity contribution in [1.82, 2.24) is 5.32 Å². The molecule has 0 heterocycles. The van der Waals surface area contributed by atoms with E-state index in [2.05, 4.69) is 59.4 Å². The van der Waals surface area contributed by atoms with E-state index in [1.807, 2.05) is 0 Å². The fraction of sp³-hybridized carbons (Fsp3) is 0.538. The van der Waals surface area contributed by atoms with Gasteiger partial charge in [0.15, 0.2) is 0 Å². The van der Waals surface area contributed by atoms with Gasteiger partial charge in [-0.1, -0.05) is 28.1 Å². The Balaban J connectivity index is 1.97. The first-order valence-corrected chi connectivity index (χ1v) is 6.47. The monoisotopic (exact) mass is 267 g/mol. The molecule has 0 aromatic heterocycles. The van der Waals surface area contributed by atoms with E-state index in [-0.39, 0.29) is 0 Å². The molecule has 1 N–H and O–H groups in total. The lowest BCUT2D eigenvalue weighted by Gasteiger charge is -2.20. The molecule has 1 aliphatic carbocycles. The normalized spacial score (nSPS) is 19.9. The van der Waals surface area contributed by atoms with Crippen LogP contribution in [0.25, 0.3) is 0 Å². The second-order valence-electron chi connectivity index (χ2n) is 4.57. The number of halogens is 1. The van der Waals surface area contributed by atoms with Crippen molar-refractivity contribution in [1.29, 1.82) is 0 Å². The molecule has 0 amide bonds. The lowest BCUT2D eigenvalue weighted by molar-refractivity contribution is 0.441. The van der Waals surface area contributed by atoms with E-state index >= 15 is 0 Å². The first-order valence-electron chi connectivity index (χ1n) is 5.68. The van der Waals surface area contributed by atoms with Crippen LogP contribution in [0.3, 0.4) is 0 Å². The molecule has 2 heteroatoms. The number of nitrogens with one attached hydrogen (secondary N) is 1. The van der Waals surface area contributed by atoms with Gasteiger partial charge in [-0.05, 0) is 50.3 Å². The number of benzene rings is 1. The van der Waals surface area contributed by atoms with Crippen LogP contribution in [0, 0.1) is 5.92 Å². The summed E-state index contributed by atoms with van der Waals surface area (Å²) in [5.74, 6) is 0.916. The molecule has 1 fully saturated rings. The summed E-state index contributed by atoms with van der Waals surface area (Å²) in [5.41, 5.74) is 1.36. The number of rotatable bonds is 4. The Morgan fingerprint density at radius 1 is 1.33 bits per heavy atom. The number of hydrogen-bond acceptors (Lipinski definition) is 1. The van der Waals surface area contributed by atoms with Crippen LogP contribution in [0.1, 0.15) is 38.3 Å². The summed E-state index contributed by atoms with van der Waals surface area (Å²) in [6.45, 7) is 4.53. The summed E-state index contributed by atoms with van der Waals surface area (Å²) in [6.07, 6.45) is 2.80. The molecule has 15 heavy (non-hydrogen) atoms. The zero-order chi connectivity index (χ0) is 10.8. The van der Waals surface area contributed by atoms with Crippen molar-refractivity contribution in [2.24, 2.45) is 5.92 Å². The zero-order valence-corrected chi connectivity index (χ0v) is 10.9. The fourth-order valence-electron chi connectivity index (χ4n) is 2.00. The molecule has 1 aromatic rings. The maximum Gasteiger partial charge on any atom is 0.0294 e. The molecule has 0 saturated heterocycles. The van der Waals surface area contributed by atoms with Crippen LogP contribution in [0.5, 0.6) is 0 Å². The molecule has 0 spiro atoms. The highest BCUT2D eigenvalue weighted by Crippen LogP contribution is 2.33. The second-order valence-corrected chi connectivity index (χ2v) is 5.49. The minimum absolute atomic E-state index is 0.443. The van der Waals surface area contributed by atoms with Gasteiger partial charge in [0.1, 0.15) is 0 Å². The van der Waals surface area contributed by atoms with Crippen molar-refractivity contribution >= 4 is 15.9 Å². The molecule has 0 radical (unpaired) electrons. The summed E-state index contributed by atoms with van der Waals surface area (Å²) in [6, 6.07) is 9.64. The highest BCUT2D eigenvalue weighted by molar-refractivity contribution is 9.10. The van der Waals surface area contributed by atoms with Crippen molar-refractivity contribution in [2.45, 2.75) is 38.8 Å². The van der Waals surface area contributed by atoms with Crippen LogP contribution in [0.4, 0.5) is 0 Å². The van der Waals surface area contributed by atoms with Gasteiger partial charge in [0.05, 0.1) is 0 Å². The Morgan fingerprint density at radius 3 is 2.67 bits per heavy atom. The van der Waals surface area contributed by atoms with E-state index in [1.165, 1.54) is 18.4 Å². The molecule has 2 rings (SSSR count). The Morgan fingerprint density at radius 2 is 2.07 bits per heavy atom. The predicted octanol–water partition coefficient (Wildman–Crippen LogP) is 3.90. The molecule has 1 aliphatic rings. The molecule has 0 bridgehead atoms. The van der Waals surface area contributed by atoms with Crippen molar-refractivity contribution in [2.75, 3.05) is 0 Å². The minimum atomic E-state index is 0.443. The minimum Gasteiger partial charge on any atom is -0.307 e. The average Bonchev–Trinajstić information content (AvgIpc) is 3.00. The number of hydrogen-bond donors (Lipinski definition) is 1. The smallest absolute Gasteiger partial charge is 0.0294 e. The Kier molecular flexibility index (Phi) is 3.47. The van der Waals surface area contributed by atoms with Gasteiger partial charge < -0.3 is 5.32 Å². The van der Waals surface area contributed by atoms with Crippen LogP contribution < -0.4 is 5.32 Å². The van der Waals surface area contributed by atoms with E-state index in [0.717, 1.165) is 10.4 Å². The molecular weight excluding hydrogens is 250 g/mol. The van der Waals surface area contributed by atoms with Crippen molar-refractivity contribution < 1.29 is 0 Å². The first kappa shape index (κ1) is 11.2. The van der Waals surface area contributed by atoms with Crippen molar-refractivity contribution in [3.8, 4) is 0 Å². The van der Waals surface area contributed by atoms with Gasteiger partial charge in [0.25, 0.3) is 0 Å². The van der Waals surface area contributed by atoms with Gasteiger partial charge >= 0.3 is 0 Å². The van der Waals surface area contributed by atoms with Gasteiger partial charge in [-0.3, -0.25) is 0 Å². The Hall–Kier alpha value is -0.340. The first-order chi connectivity index (χ1) is 7.16. The van der Waals surface area contributed by atoms with Crippen molar-refractivity contribution in [3.63, 3.8) is 0 Å². The lowest BCUT2D eigenvalue weighted by Crippen LogP contribution is -2.30. The molecule has 1 aromatic carbocycles. The molecule has 1 nitrogen and oxygen atoms in total. The van der Waals surface area contributed by atoms with Crippen LogP contribution in [0.2, 0.25) is 0 Å². The van der Waals surface area contributed by atoms with Gasteiger partial charge in [-0.2, -0.15) is 0 Å². The van der Waals surface area contributed by atoms with Crippen LogP contribution in [-0.2, 0) is 0 Å². The second kappa shape index (κ2) is 4.67. The quantitative estimate of drug-likeness (QED) is 0.873. The molecule has 2 atom stereocenters. The van der Waals surface area contributed by atoms with Crippen LogP contribution in [-0.4, -0.2) is 6.04 Å². The molecule has 82 valence electrons. The van der Waals surface area contributed by atoms with E-state index < -0.39 is 0 Å². The topological polar surface area (TPSA) is 12.0 Å². The largest absolute Gasteiger partial charge is 0.307 e. The molecule has 1 saturated carbocycles. The average molecular weight is 268 g/mol. The summed E-state index contributed by atoms with van der Waals surface area (Å²) in [5, 5.41) is 3.66. The van der Waals surface area contributed by atoms with Crippen LogP contribution >= 0.6 is 15.9 Å². The van der Waals surface area contributed by atoms with Crippen LogP contribution in [0.15, 0.2) is 28.7 Å². The summed E-state index contributed by atoms with van der Waals surface area (Å²) in [7, 11) is 0. The molecule has 0 aliphatic heterocycles. The zero-order valence-electron chi connectivity index (χ0n) is 9.33.